The van der Waals surface area contributed by atoms with E-state index in [1.807, 2.05) is 57.2 Å². The molecule has 0 fully saturated rings. The Kier molecular flexibility index (Phi) is 8.23. The van der Waals surface area contributed by atoms with Crippen LogP contribution in [0.2, 0.25) is 0 Å². The summed E-state index contributed by atoms with van der Waals surface area (Å²) in [5.41, 5.74) is 5.13. The molecule has 0 aliphatic carbocycles. The SMILES string of the molecule is Cc1ccc(NC(=O)/C(C#N)=C\c2ccc(OCC(=O)Nc3ccc(C)cc3C)c(Br)c2)cc1. The van der Waals surface area contributed by atoms with Gasteiger partial charge in [-0.2, -0.15) is 5.26 Å². The number of nitrogens with zero attached hydrogens (tertiary/aromatic N) is 1. The first-order valence-corrected chi connectivity index (χ1v) is 11.3. The zero-order chi connectivity index (χ0) is 24.7. The molecule has 3 aromatic carbocycles. The van der Waals surface area contributed by atoms with Gasteiger partial charge in [0.15, 0.2) is 6.61 Å². The number of rotatable bonds is 7. The number of hydrogen-bond acceptors (Lipinski definition) is 4. The maximum Gasteiger partial charge on any atom is 0.266 e. The highest BCUT2D eigenvalue weighted by Crippen LogP contribution is 2.27. The summed E-state index contributed by atoms with van der Waals surface area (Å²) < 4.78 is 6.23. The Hall–Kier alpha value is -3.89. The molecular weight excluding hydrogens is 494 g/mol. The number of anilines is 2. The van der Waals surface area contributed by atoms with E-state index in [2.05, 4.69) is 26.6 Å². The molecule has 7 heteroatoms. The standard InChI is InChI=1S/C27H24BrN3O3/c1-17-4-8-22(9-5-17)30-27(33)21(15-29)13-20-7-11-25(23(28)14-20)34-16-26(32)31-24-10-6-18(2)12-19(24)3/h4-14H,16H2,1-3H3,(H,30,33)(H,31,32)/b21-13-. The van der Waals surface area contributed by atoms with Crippen LogP contribution in [0.25, 0.3) is 6.08 Å². The lowest BCUT2D eigenvalue weighted by Crippen LogP contribution is -2.20. The average molecular weight is 518 g/mol. The fraction of sp³-hybridized carbons (Fsp3) is 0.148. The maximum atomic E-state index is 12.5. The van der Waals surface area contributed by atoms with Gasteiger partial charge in [-0.15, -0.1) is 0 Å². The minimum Gasteiger partial charge on any atom is -0.483 e. The number of benzene rings is 3. The van der Waals surface area contributed by atoms with Gasteiger partial charge in [0.1, 0.15) is 17.4 Å². The minimum absolute atomic E-state index is 0.0333. The first-order chi connectivity index (χ1) is 16.2. The summed E-state index contributed by atoms with van der Waals surface area (Å²) in [5.74, 6) is -0.302. The molecule has 0 saturated heterocycles. The molecule has 0 aromatic heterocycles. The van der Waals surface area contributed by atoms with Gasteiger partial charge in [-0.05, 0) is 84.2 Å². The van der Waals surface area contributed by atoms with Gasteiger partial charge in [0.2, 0.25) is 0 Å². The summed E-state index contributed by atoms with van der Waals surface area (Å²) in [6.45, 7) is 5.72. The molecule has 0 heterocycles. The van der Waals surface area contributed by atoms with E-state index in [0.717, 1.165) is 22.4 Å². The Balaban J connectivity index is 1.63. The predicted molar refractivity (Wildman–Crippen MR) is 138 cm³/mol. The van der Waals surface area contributed by atoms with Crippen molar-refractivity contribution in [1.29, 1.82) is 5.26 Å². The smallest absolute Gasteiger partial charge is 0.266 e. The molecule has 0 aliphatic rings. The molecule has 0 unspecified atom stereocenters. The van der Waals surface area contributed by atoms with E-state index in [1.54, 1.807) is 30.3 Å². The molecule has 172 valence electrons. The van der Waals surface area contributed by atoms with Crippen molar-refractivity contribution in [3.05, 3.63) is 93.0 Å². The highest BCUT2D eigenvalue weighted by atomic mass is 79.9. The number of carbonyl (C=O) groups is 2. The van der Waals surface area contributed by atoms with Gasteiger partial charge in [-0.25, -0.2) is 0 Å². The van der Waals surface area contributed by atoms with Gasteiger partial charge in [0.05, 0.1) is 4.47 Å². The second-order valence-electron chi connectivity index (χ2n) is 7.84. The third kappa shape index (κ3) is 6.80. The monoisotopic (exact) mass is 517 g/mol. The van der Waals surface area contributed by atoms with Crippen molar-refractivity contribution < 1.29 is 14.3 Å². The van der Waals surface area contributed by atoms with Crippen LogP contribution in [0.4, 0.5) is 11.4 Å². The van der Waals surface area contributed by atoms with Crippen molar-refractivity contribution >= 4 is 45.2 Å². The predicted octanol–water partition coefficient (Wildman–Crippen LogP) is 5.94. The Morgan fingerprint density at radius 1 is 0.971 bits per heavy atom. The largest absolute Gasteiger partial charge is 0.483 e. The summed E-state index contributed by atoms with van der Waals surface area (Å²) in [4.78, 5) is 24.8. The van der Waals surface area contributed by atoms with Crippen LogP contribution in [0.3, 0.4) is 0 Å². The average Bonchev–Trinajstić information content (AvgIpc) is 2.80. The Labute approximate surface area is 207 Å². The molecule has 0 bridgehead atoms. The van der Waals surface area contributed by atoms with E-state index in [0.29, 0.717) is 21.5 Å². The highest BCUT2D eigenvalue weighted by molar-refractivity contribution is 9.10. The van der Waals surface area contributed by atoms with Crippen molar-refractivity contribution in [3.8, 4) is 11.8 Å². The number of carbonyl (C=O) groups excluding carboxylic acids is 2. The number of nitriles is 1. The Morgan fingerprint density at radius 2 is 1.68 bits per heavy atom. The van der Waals surface area contributed by atoms with E-state index in [9.17, 15) is 14.9 Å². The molecule has 3 aromatic rings. The third-order valence-corrected chi connectivity index (χ3v) is 5.58. The van der Waals surface area contributed by atoms with Crippen molar-refractivity contribution in [2.24, 2.45) is 0 Å². The zero-order valence-corrected chi connectivity index (χ0v) is 20.7. The van der Waals surface area contributed by atoms with Crippen LogP contribution < -0.4 is 15.4 Å². The van der Waals surface area contributed by atoms with Crippen LogP contribution in [0.5, 0.6) is 5.75 Å². The lowest BCUT2D eigenvalue weighted by atomic mass is 10.1. The van der Waals surface area contributed by atoms with E-state index in [-0.39, 0.29) is 18.1 Å². The van der Waals surface area contributed by atoms with Gasteiger partial charge in [-0.3, -0.25) is 9.59 Å². The lowest BCUT2D eigenvalue weighted by molar-refractivity contribution is -0.118. The first-order valence-electron chi connectivity index (χ1n) is 10.5. The Bertz CT molecular complexity index is 1290. The van der Waals surface area contributed by atoms with Crippen LogP contribution in [-0.4, -0.2) is 18.4 Å². The van der Waals surface area contributed by atoms with Crippen molar-refractivity contribution in [1.82, 2.24) is 0 Å². The van der Waals surface area contributed by atoms with Crippen LogP contribution in [-0.2, 0) is 9.59 Å². The molecule has 0 spiro atoms. The summed E-state index contributed by atoms with van der Waals surface area (Å²) in [5, 5.41) is 15.0. The number of hydrogen-bond donors (Lipinski definition) is 2. The molecule has 0 saturated carbocycles. The molecule has 0 aliphatic heterocycles. The van der Waals surface area contributed by atoms with Crippen molar-refractivity contribution in [2.45, 2.75) is 20.8 Å². The summed E-state index contributed by atoms with van der Waals surface area (Å²) in [6, 6.07) is 20.1. The van der Waals surface area contributed by atoms with Gasteiger partial charge in [0, 0.05) is 11.4 Å². The van der Waals surface area contributed by atoms with Crippen LogP contribution in [0.15, 0.2) is 70.7 Å². The van der Waals surface area contributed by atoms with E-state index in [4.69, 9.17) is 4.74 Å². The normalized spacial score (nSPS) is 10.9. The second-order valence-corrected chi connectivity index (χ2v) is 8.69. The number of halogens is 1. The lowest BCUT2D eigenvalue weighted by Gasteiger charge is -2.11. The molecule has 3 rings (SSSR count). The number of nitrogens with one attached hydrogen (secondary N) is 2. The highest BCUT2D eigenvalue weighted by Gasteiger charge is 2.12. The van der Waals surface area contributed by atoms with Crippen LogP contribution in [0, 0.1) is 32.1 Å². The second kappa shape index (κ2) is 11.3. The molecule has 2 amide bonds. The summed E-state index contributed by atoms with van der Waals surface area (Å²) in [7, 11) is 0. The fourth-order valence-electron chi connectivity index (χ4n) is 3.16. The van der Waals surface area contributed by atoms with E-state index < -0.39 is 5.91 Å². The zero-order valence-electron chi connectivity index (χ0n) is 19.1. The van der Waals surface area contributed by atoms with Crippen LogP contribution in [0.1, 0.15) is 22.3 Å². The first kappa shape index (κ1) is 24.7. The quantitative estimate of drug-likeness (QED) is 0.299. The van der Waals surface area contributed by atoms with Crippen molar-refractivity contribution in [3.63, 3.8) is 0 Å². The van der Waals surface area contributed by atoms with Gasteiger partial charge >= 0.3 is 0 Å². The summed E-state index contributed by atoms with van der Waals surface area (Å²) in [6.07, 6.45) is 1.49. The fourth-order valence-corrected chi connectivity index (χ4v) is 3.67. The van der Waals surface area contributed by atoms with E-state index >= 15 is 0 Å². The minimum atomic E-state index is -0.495. The third-order valence-electron chi connectivity index (χ3n) is 4.96. The number of amides is 2. The molecule has 34 heavy (non-hydrogen) atoms. The van der Waals surface area contributed by atoms with Gasteiger partial charge in [0.25, 0.3) is 11.8 Å². The Morgan fingerprint density at radius 3 is 2.32 bits per heavy atom. The molecule has 0 atom stereocenters. The summed E-state index contributed by atoms with van der Waals surface area (Å²) >= 11 is 3.42. The molecular formula is C27H24BrN3O3. The van der Waals surface area contributed by atoms with Gasteiger partial charge in [-0.1, -0.05) is 41.5 Å². The number of aryl methyl sites for hydroxylation is 3. The maximum absolute atomic E-state index is 12.5. The topological polar surface area (TPSA) is 91.2 Å². The van der Waals surface area contributed by atoms with E-state index in [1.165, 1.54) is 6.08 Å². The van der Waals surface area contributed by atoms with Crippen molar-refractivity contribution in [2.75, 3.05) is 17.2 Å². The molecule has 0 radical (unpaired) electrons. The molecule has 2 N–H and O–H groups in total. The van der Waals surface area contributed by atoms with Crippen LogP contribution >= 0.6 is 15.9 Å². The van der Waals surface area contributed by atoms with Gasteiger partial charge < -0.3 is 15.4 Å². The molecule has 6 nitrogen and oxygen atoms in total. The number of ether oxygens (including phenoxy) is 1.